The van der Waals surface area contributed by atoms with Crippen LogP contribution in [0.3, 0.4) is 0 Å². The molecule has 0 spiro atoms. The summed E-state index contributed by atoms with van der Waals surface area (Å²) in [5.41, 5.74) is 3.25. The van der Waals surface area contributed by atoms with Gasteiger partial charge in [-0.1, -0.05) is 32.1 Å². The molecule has 1 heterocycles. The van der Waals surface area contributed by atoms with Crippen molar-refractivity contribution in [2.24, 2.45) is 5.92 Å². The predicted octanol–water partition coefficient (Wildman–Crippen LogP) is 4.34. The molecule has 4 rings (SSSR count). The molecular formula is C22H30NO+. The van der Waals surface area contributed by atoms with Crippen LogP contribution in [0.4, 0.5) is 0 Å². The molecule has 2 aliphatic carbocycles. The zero-order chi connectivity index (χ0) is 16.8. The number of phenolic OH excluding ortho intramolecular Hbond substituents is 1. The molecule has 1 aromatic carbocycles. The maximum absolute atomic E-state index is 10.1. The summed E-state index contributed by atoms with van der Waals surface area (Å²) in [6, 6.07) is 6.83. The zero-order valence-electron chi connectivity index (χ0n) is 14.7. The summed E-state index contributed by atoms with van der Waals surface area (Å²) in [5, 5.41) is 10.1. The van der Waals surface area contributed by atoms with Gasteiger partial charge in [-0.2, -0.15) is 0 Å². The number of fused-ring (bicyclic) bond motifs is 1. The van der Waals surface area contributed by atoms with Crippen LogP contribution in [-0.4, -0.2) is 35.3 Å². The van der Waals surface area contributed by atoms with Crippen molar-refractivity contribution in [2.75, 3.05) is 19.6 Å². The highest BCUT2D eigenvalue weighted by Gasteiger charge is 2.59. The third-order valence-corrected chi connectivity index (χ3v) is 7.31. The minimum absolute atomic E-state index is 0.305. The van der Waals surface area contributed by atoms with Gasteiger partial charge in [0.2, 0.25) is 0 Å². The standard InChI is InChI=1S/C22H29NO/c1-3-12-23(13-4-2)14-11-22-10-6-5-7-19(22)21(23)15-17-8-9-18(24)16-20(17)22/h3-4,8-9,16,19,21H,1-2,5-7,10-15H2/p+1/t19-,21-,22-/m0/s1. The van der Waals surface area contributed by atoms with E-state index < -0.39 is 0 Å². The van der Waals surface area contributed by atoms with Crippen molar-refractivity contribution in [3.05, 3.63) is 54.6 Å². The highest BCUT2D eigenvalue weighted by molar-refractivity contribution is 5.44. The van der Waals surface area contributed by atoms with Crippen molar-refractivity contribution < 1.29 is 9.59 Å². The average Bonchev–Trinajstić information content (AvgIpc) is 2.59. The van der Waals surface area contributed by atoms with E-state index in [-0.39, 0.29) is 0 Å². The lowest BCUT2D eigenvalue weighted by Gasteiger charge is -2.62. The molecule has 2 fully saturated rings. The molecular weight excluding hydrogens is 294 g/mol. The Bertz CT molecular complexity index is 654. The van der Waals surface area contributed by atoms with Gasteiger partial charge < -0.3 is 9.59 Å². The summed E-state index contributed by atoms with van der Waals surface area (Å²) in [7, 11) is 0. The highest BCUT2D eigenvalue weighted by Crippen LogP contribution is 2.57. The molecule has 1 saturated heterocycles. The van der Waals surface area contributed by atoms with Crippen molar-refractivity contribution >= 4 is 0 Å². The summed E-state index contributed by atoms with van der Waals surface area (Å²) >= 11 is 0. The molecule has 0 aromatic heterocycles. The Morgan fingerprint density at radius 3 is 2.71 bits per heavy atom. The number of hydrogen-bond donors (Lipinski definition) is 1. The summed E-state index contributed by atoms with van der Waals surface area (Å²) in [6.45, 7) is 11.4. The molecule has 0 unspecified atom stereocenters. The molecule has 3 atom stereocenters. The normalized spacial score (nSPS) is 33.2. The van der Waals surface area contributed by atoms with Crippen molar-refractivity contribution in [3.63, 3.8) is 0 Å². The number of likely N-dealkylation sites (tertiary alicyclic amines) is 1. The van der Waals surface area contributed by atoms with E-state index in [9.17, 15) is 5.11 Å². The lowest BCUT2D eigenvalue weighted by Crippen LogP contribution is -2.70. The molecule has 3 aliphatic rings. The number of aromatic hydroxyl groups is 1. The maximum atomic E-state index is 10.1. The Balaban J connectivity index is 1.86. The van der Waals surface area contributed by atoms with Crippen LogP contribution in [-0.2, 0) is 11.8 Å². The molecule has 2 bridgehead atoms. The summed E-state index contributed by atoms with van der Waals surface area (Å²) in [5.74, 6) is 1.18. The number of hydrogen-bond acceptors (Lipinski definition) is 1. The van der Waals surface area contributed by atoms with Crippen LogP contribution in [0.5, 0.6) is 5.75 Å². The Kier molecular flexibility index (Phi) is 3.84. The van der Waals surface area contributed by atoms with Gasteiger partial charge in [0.1, 0.15) is 5.75 Å². The molecule has 1 saturated carbocycles. The fourth-order valence-electron chi connectivity index (χ4n) is 6.39. The van der Waals surface area contributed by atoms with Gasteiger partial charge in [-0.15, -0.1) is 0 Å². The second-order valence-electron chi connectivity index (χ2n) is 8.26. The second-order valence-corrected chi connectivity index (χ2v) is 8.26. The van der Waals surface area contributed by atoms with Gasteiger partial charge in [0, 0.05) is 24.2 Å². The van der Waals surface area contributed by atoms with Crippen LogP contribution in [0.15, 0.2) is 43.5 Å². The molecule has 1 aromatic rings. The maximum Gasteiger partial charge on any atom is 0.115 e. The monoisotopic (exact) mass is 324 g/mol. The van der Waals surface area contributed by atoms with Gasteiger partial charge in [0.15, 0.2) is 0 Å². The fourth-order valence-corrected chi connectivity index (χ4v) is 6.39. The van der Waals surface area contributed by atoms with Crippen LogP contribution in [0.1, 0.15) is 43.2 Å². The number of quaternary nitrogens is 1. The first-order valence-electron chi connectivity index (χ1n) is 9.55. The first kappa shape index (κ1) is 16.0. The molecule has 2 heteroatoms. The molecule has 1 N–H and O–H groups in total. The lowest BCUT2D eigenvalue weighted by molar-refractivity contribution is -0.952. The van der Waals surface area contributed by atoms with Crippen LogP contribution >= 0.6 is 0 Å². The molecule has 1 aliphatic heterocycles. The third-order valence-electron chi connectivity index (χ3n) is 7.31. The SMILES string of the molecule is C=CC[N+]1(CC=C)CC[C@@]23CCCC[C@H]2[C@@H]1Cc1ccc(O)cc13. The quantitative estimate of drug-likeness (QED) is 0.645. The number of rotatable bonds is 4. The van der Waals surface area contributed by atoms with Crippen molar-refractivity contribution in [1.82, 2.24) is 0 Å². The molecule has 2 nitrogen and oxygen atoms in total. The summed E-state index contributed by atoms with van der Waals surface area (Å²) in [6.07, 6.45) is 12.0. The van der Waals surface area contributed by atoms with Gasteiger partial charge >= 0.3 is 0 Å². The zero-order valence-corrected chi connectivity index (χ0v) is 14.7. The Morgan fingerprint density at radius 2 is 1.96 bits per heavy atom. The smallest absolute Gasteiger partial charge is 0.115 e. The van der Waals surface area contributed by atoms with E-state index in [1.54, 1.807) is 0 Å². The number of benzene rings is 1. The molecule has 24 heavy (non-hydrogen) atoms. The van der Waals surface area contributed by atoms with Crippen molar-refractivity contribution in [1.29, 1.82) is 0 Å². The number of piperidine rings is 1. The summed E-state index contributed by atoms with van der Waals surface area (Å²) in [4.78, 5) is 0. The van der Waals surface area contributed by atoms with E-state index in [0.717, 1.165) is 29.9 Å². The van der Waals surface area contributed by atoms with E-state index in [2.05, 4.69) is 37.4 Å². The van der Waals surface area contributed by atoms with E-state index in [4.69, 9.17) is 0 Å². The lowest BCUT2D eigenvalue weighted by atomic mass is 9.51. The second kappa shape index (κ2) is 5.77. The van der Waals surface area contributed by atoms with Gasteiger partial charge in [-0.3, -0.25) is 0 Å². The summed E-state index contributed by atoms with van der Waals surface area (Å²) < 4.78 is 1.14. The number of nitrogens with zero attached hydrogens (tertiary/aromatic N) is 1. The fraction of sp³-hybridized carbons (Fsp3) is 0.545. The van der Waals surface area contributed by atoms with Crippen LogP contribution in [0.25, 0.3) is 0 Å². The Labute approximate surface area is 146 Å². The topological polar surface area (TPSA) is 20.2 Å². The van der Waals surface area contributed by atoms with Crippen molar-refractivity contribution in [3.8, 4) is 5.75 Å². The van der Waals surface area contributed by atoms with E-state index in [1.165, 1.54) is 49.8 Å². The average molecular weight is 324 g/mol. The highest BCUT2D eigenvalue weighted by atomic mass is 16.3. The van der Waals surface area contributed by atoms with E-state index in [0.29, 0.717) is 17.2 Å². The molecule has 128 valence electrons. The van der Waals surface area contributed by atoms with Crippen molar-refractivity contribution in [2.45, 2.75) is 50.0 Å². The molecule has 0 radical (unpaired) electrons. The van der Waals surface area contributed by atoms with E-state index in [1.807, 2.05) is 6.07 Å². The Hall–Kier alpha value is -1.54. The van der Waals surface area contributed by atoms with Crippen LogP contribution < -0.4 is 0 Å². The van der Waals surface area contributed by atoms with Crippen LogP contribution in [0, 0.1) is 5.92 Å². The minimum Gasteiger partial charge on any atom is -0.508 e. The van der Waals surface area contributed by atoms with Gasteiger partial charge in [0.25, 0.3) is 0 Å². The largest absolute Gasteiger partial charge is 0.508 e. The first-order valence-corrected chi connectivity index (χ1v) is 9.55. The van der Waals surface area contributed by atoms with Crippen LogP contribution in [0.2, 0.25) is 0 Å². The Morgan fingerprint density at radius 1 is 1.17 bits per heavy atom. The number of phenols is 1. The third kappa shape index (κ3) is 2.12. The first-order chi connectivity index (χ1) is 11.6. The van der Waals surface area contributed by atoms with E-state index >= 15 is 0 Å². The van der Waals surface area contributed by atoms with Gasteiger partial charge in [-0.25, -0.2) is 0 Å². The minimum atomic E-state index is 0.305. The predicted molar refractivity (Wildman–Crippen MR) is 99.1 cm³/mol. The van der Waals surface area contributed by atoms with Gasteiger partial charge in [-0.05, 0) is 48.3 Å². The molecule has 0 amide bonds. The van der Waals surface area contributed by atoms with Gasteiger partial charge in [0.05, 0.1) is 25.7 Å².